The van der Waals surface area contributed by atoms with Gasteiger partial charge in [-0.15, -0.1) is 4.91 Å². The molecular formula is C15H13FN4O2S. The zero-order chi connectivity index (χ0) is 17.0. The first-order chi connectivity index (χ1) is 11.0. The molecule has 0 saturated carbocycles. The average molecular weight is 332 g/mol. The summed E-state index contributed by atoms with van der Waals surface area (Å²) in [6.45, 7) is 5.04. The lowest BCUT2D eigenvalue weighted by Gasteiger charge is -2.09. The van der Waals surface area contributed by atoms with Crippen LogP contribution in [0.15, 0.2) is 59.6 Å². The Morgan fingerprint density at radius 2 is 2.30 bits per heavy atom. The number of hydrogen-bond acceptors (Lipinski definition) is 5. The minimum Gasteiger partial charge on any atom is -0.507 e. The van der Waals surface area contributed by atoms with Gasteiger partial charge in [-0.1, -0.05) is 18.7 Å². The maximum Gasteiger partial charge on any atom is 0.200 e. The van der Waals surface area contributed by atoms with Gasteiger partial charge in [0.15, 0.2) is 10.6 Å². The lowest BCUT2D eigenvalue weighted by Crippen LogP contribution is -2.03. The van der Waals surface area contributed by atoms with Crippen molar-refractivity contribution >= 4 is 17.8 Å². The molecule has 0 aliphatic heterocycles. The Kier molecular flexibility index (Phi) is 4.97. The molecule has 1 aromatic heterocycles. The third-order valence-corrected chi connectivity index (χ3v) is 3.24. The molecule has 0 fully saturated rings. The van der Waals surface area contributed by atoms with Crippen LogP contribution < -0.4 is 0 Å². The molecule has 6 nitrogen and oxygen atoms in total. The summed E-state index contributed by atoms with van der Waals surface area (Å²) in [6.07, 6.45) is 2.68. The van der Waals surface area contributed by atoms with E-state index in [-0.39, 0.29) is 27.6 Å². The molecule has 0 aliphatic carbocycles. The summed E-state index contributed by atoms with van der Waals surface area (Å²) >= 11 is 5.17. The van der Waals surface area contributed by atoms with Crippen LogP contribution in [0.1, 0.15) is 12.7 Å². The van der Waals surface area contributed by atoms with E-state index in [1.54, 1.807) is 19.1 Å². The highest BCUT2D eigenvalue weighted by Crippen LogP contribution is 2.24. The second kappa shape index (κ2) is 6.93. The van der Waals surface area contributed by atoms with Crippen molar-refractivity contribution in [2.45, 2.75) is 6.92 Å². The molecule has 2 rings (SSSR count). The molecule has 1 aromatic carbocycles. The van der Waals surface area contributed by atoms with E-state index in [4.69, 9.17) is 12.2 Å². The van der Waals surface area contributed by atoms with E-state index < -0.39 is 5.82 Å². The number of aliphatic hydroxyl groups is 1. The van der Waals surface area contributed by atoms with Gasteiger partial charge in [-0.2, -0.15) is 5.10 Å². The van der Waals surface area contributed by atoms with Crippen LogP contribution in [-0.4, -0.2) is 19.9 Å². The highest BCUT2D eigenvalue weighted by atomic mass is 32.1. The summed E-state index contributed by atoms with van der Waals surface area (Å²) in [5.74, 6) is -0.434. The molecule has 0 amide bonds. The van der Waals surface area contributed by atoms with Crippen molar-refractivity contribution < 1.29 is 9.50 Å². The number of aromatic nitrogens is 3. The number of H-pyrrole nitrogens is 1. The van der Waals surface area contributed by atoms with Crippen LogP contribution in [0.3, 0.4) is 0 Å². The number of rotatable bonds is 5. The van der Waals surface area contributed by atoms with Crippen molar-refractivity contribution in [3.05, 3.63) is 75.8 Å². The lowest BCUT2D eigenvalue weighted by atomic mass is 10.1. The van der Waals surface area contributed by atoms with Gasteiger partial charge in [0, 0.05) is 6.08 Å². The number of aliphatic hydroxyl groups excluding tert-OH is 1. The lowest BCUT2D eigenvalue weighted by molar-refractivity contribution is 0.436. The number of nitrogens with one attached hydrogen (secondary N) is 1. The largest absolute Gasteiger partial charge is 0.507 e. The first kappa shape index (κ1) is 16.5. The van der Waals surface area contributed by atoms with Gasteiger partial charge in [-0.25, -0.2) is 4.39 Å². The molecule has 0 radical (unpaired) electrons. The number of hydrogen-bond donors (Lipinski definition) is 2. The van der Waals surface area contributed by atoms with Gasteiger partial charge in [-0.05, 0) is 42.5 Å². The SMILES string of the molecule is C=C(/C=C(O)\C(=C/C)c1n[nH]c(=S)n1-c1cccc(F)c1)N=O. The quantitative estimate of drug-likeness (QED) is 0.372. The van der Waals surface area contributed by atoms with E-state index >= 15 is 0 Å². The van der Waals surface area contributed by atoms with Gasteiger partial charge in [0.25, 0.3) is 0 Å². The first-order valence-electron chi connectivity index (χ1n) is 6.51. The van der Waals surface area contributed by atoms with E-state index in [1.165, 1.54) is 22.8 Å². The van der Waals surface area contributed by atoms with Crippen molar-refractivity contribution in [2.24, 2.45) is 5.18 Å². The van der Waals surface area contributed by atoms with Crippen molar-refractivity contribution in [1.82, 2.24) is 14.8 Å². The highest BCUT2D eigenvalue weighted by Gasteiger charge is 2.16. The molecule has 0 unspecified atom stereocenters. The summed E-state index contributed by atoms with van der Waals surface area (Å²) in [7, 11) is 0. The van der Waals surface area contributed by atoms with Gasteiger partial charge in [-0.3, -0.25) is 9.67 Å². The second-order valence-electron chi connectivity index (χ2n) is 4.48. The molecule has 2 N–H and O–H groups in total. The highest BCUT2D eigenvalue weighted by molar-refractivity contribution is 7.71. The topological polar surface area (TPSA) is 83.3 Å². The number of halogens is 1. The fraction of sp³-hybridized carbons (Fsp3) is 0.0667. The van der Waals surface area contributed by atoms with Crippen LogP contribution in [0.25, 0.3) is 11.3 Å². The average Bonchev–Trinajstić information content (AvgIpc) is 2.89. The normalized spacial score (nSPS) is 12.3. The number of allylic oxidation sites excluding steroid dienone is 3. The fourth-order valence-corrected chi connectivity index (χ4v) is 2.22. The van der Waals surface area contributed by atoms with Crippen molar-refractivity contribution in [1.29, 1.82) is 0 Å². The Morgan fingerprint density at radius 3 is 2.91 bits per heavy atom. The molecule has 0 bridgehead atoms. The fourth-order valence-electron chi connectivity index (χ4n) is 1.99. The molecule has 2 aromatic rings. The molecule has 23 heavy (non-hydrogen) atoms. The van der Waals surface area contributed by atoms with E-state index in [2.05, 4.69) is 22.0 Å². The molecule has 118 valence electrons. The smallest absolute Gasteiger partial charge is 0.200 e. The van der Waals surface area contributed by atoms with E-state index in [0.717, 1.165) is 6.08 Å². The molecule has 0 aliphatic rings. The van der Waals surface area contributed by atoms with Crippen LogP contribution in [0.5, 0.6) is 0 Å². The van der Waals surface area contributed by atoms with Crippen LogP contribution in [0, 0.1) is 15.5 Å². The number of aromatic amines is 1. The summed E-state index contributed by atoms with van der Waals surface area (Å²) < 4.78 is 15.2. The maximum absolute atomic E-state index is 13.5. The van der Waals surface area contributed by atoms with Crippen LogP contribution >= 0.6 is 12.2 Å². The Labute approximate surface area is 136 Å². The summed E-state index contributed by atoms with van der Waals surface area (Å²) in [6, 6.07) is 5.78. The predicted molar refractivity (Wildman–Crippen MR) is 88.0 cm³/mol. The first-order valence-corrected chi connectivity index (χ1v) is 6.92. The van der Waals surface area contributed by atoms with Gasteiger partial charge < -0.3 is 5.11 Å². The third-order valence-electron chi connectivity index (χ3n) is 2.96. The molecular weight excluding hydrogens is 319 g/mol. The second-order valence-corrected chi connectivity index (χ2v) is 4.87. The van der Waals surface area contributed by atoms with Gasteiger partial charge in [0.2, 0.25) is 0 Å². The van der Waals surface area contributed by atoms with Crippen LogP contribution in [-0.2, 0) is 0 Å². The van der Waals surface area contributed by atoms with Gasteiger partial charge in [0.1, 0.15) is 17.3 Å². The monoisotopic (exact) mass is 332 g/mol. The Hall–Kier alpha value is -2.87. The predicted octanol–water partition coefficient (Wildman–Crippen LogP) is 4.19. The molecule has 1 heterocycles. The van der Waals surface area contributed by atoms with Gasteiger partial charge in [0.05, 0.1) is 11.3 Å². The summed E-state index contributed by atoms with van der Waals surface area (Å²) in [5, 5.41) is 19.4. The van der Waals surface area contributed by atoms with E-state index in [1.807, 2.05) is 0 Å². The van der Waals surface area contributed by atoms with Crippen molar-refractivity contribution in [3.8, 4) is 5.69 Å². The minimum absolute atomic E-state index is 0.145. The molecule has 0 spiro atoms. The summed E-state index contributed by atoms with van der Waals surface area (Å²) in [4.78, 5) is 10.4. The molecule has 0 atom stereocenters. The number of nitrogens with zero attached hydrogens (tertiary/aromatic N) is 3. The Morgan fingerprint density at radius 1 is 1.57 bits per heavy atom. The third kappa shape index (κ3) is 3.49. The zero-order valence-corrected chi connectivity index (χ0v) is 13.0. The zero-order valence-electron chi connectivity index (χ0n) is 12.2. The van der Waals surface area contributed by atoms with Crippen molar-refractivity contribution in [3.63, 3.8) is 0 Å². The Balaban J connectivity index is 2.61. The van der Waals surface area contributed by atoms with Crippen molar-refractivity contribution in [2.75, 3.05) is 0 Å². The van der Waals surface area contributed by atoms with Crippen LogP contribution in [0.2, 0.25) is 0 Å². The van der Waals surface area contributed by atoms with Gasteiger partial charge >= 0.3 is 0 Å². The summed E-state index contributed by atoms with van der Waals surface area (Å²) in [5.41, 5.74) is 0.581. The maximum atomic E-state index is 13.5. The standard InChI is InChI=1S/C15H13FN4O2S/c1-3-12(13(21)7-9(2)19-22)14-17-18-15(23)20(14)11-6-4-5-10(16)8-11/h3-8,21H,2H2,1H3,(H,18,23)/b12-3+,13-7+. The minimum atomic E-state index is -0.433. The van der Waals surface area contributed by atoms with Crippen LogP contribution in [0.4, 0.5) is 4.39 Å². The molecule has 0 saturated heterocycles. The number of benzene rings is 1. The Bertz CT molecular complexity index is 880. The number of nitroso groups, excluding NO2 is 1. The van der Waals surface area contributed by atoms with E-state index in [0.29, 0.717) is 5.69 Å². The molecule has 8 heteroatoms. The van der Waals surface area contributed by atoms with E-state index in [9.17, 15) is 14.4 Å².